The van der Waals surface area contributed by atoms with Gasteiger partial charge in [0.1, 0.15) is 12.4 Å². The number of nitrogens with one attached hydrogen (secondary N) is 1. The smallest absolute Gasteiger partial charge is 0.218 e. The molecule has 1 aromatic rings. The summed E-state index contributed by atoms with van der Waals surface area (Å²) in [6, 6.07) is 1.68. The third-order valence-electron chi connectivity index (χ3n) is 2.35. The number of hydrazine groups is 1. The van der Waals surface area contributed by atoms with E-state index in [2.05, 4.69) is 29.2 Å². The molecule has 0 aromatic carbocycles. The van der Waals surface area contributed by atoms with E-state index in [0.29, 0.717) is 36.7 Å². The van der Waals surface area contributed by atoms with E-state index in [-0.39, 0.29) is 0 Å². The maximum atomic E-state index is 5.58. The molecule has 0 saturated heterocycles. The monoisotopic (exact) mass is 254 g/mol. The first kappa shape index (κ1) is 14.7. The predicted octanol–water partition coefficient (Wildman–Crippen LogP) is 1.72. The zero-order chi connectivity index (χ0) is 13.4. The fraction of sp³-hybridized carbons (Fsp3) is 0.667. The number of ether oxygens (including phenoxy) is 2. The molecule has 1 heterocycles. The topological polar surface area (TPSA) is 82.3 Å². The van der Waals surface area contributed by atoms with Crippen molar-refractivity contribution >= 4 is 5.82 Å². The Bertz CT molecular complexity index is 358. The van der Waals surface area contributed by atoms with Gasteiger partial charge in [-0.25, -0.2) is 10.8 Å². The quantitative estimate of drug-likeness (QED) is 0.417. The number of nitrogen functional groups attached to an aromatic ring is 1. The van der Waals surface area contributed by atoms with Gasteiger partial charge >= 0.3 is 0 Å². The van der Waals surface area contributed by atoms with Gasteiger partial charge in [0.15, 0.2) is 5.82 Å². The van der Waals surface area contributed by atoms with Crippen molar-refractivity contribution in [1.29, 1.82) is 0 Å². The molecule has 1 rings (SSSR count). The van der Waals surface area contributed by atoms with Crippen LogP contribution in [0.15, 0.2) is 6.07 Å². The molecule has 1 aromatic heterocycles. The Morgan fingerprint density at radius 3 is 2.78 bits per heavy atom. The molecule has 6 nitrogen and oxygen atoms in total. The first-order chi connectivity index (χ1) is 8.65. The fourth-order valence-electron chi connectivity index (χ4n) is 1.48. The number of hydrogen-bond acceptors (Lipinski definition) is 6. The zero-order valence-electron chi connectivity index (χ0n) is 11.3. The normalized spacial score (nSPS) is 10.7. The lowest BCUT2D eigenvalue weighted by Crippen LogP contribution is -2.12. The van der Waals surface area contributed by atoms with Gasteiger partial charge < -0.3 is 14.9 Å². The van der Waals surface area contributed by atoms with Gasteiger partial charge in [-0.15, -0.1) is 0 Å². The molecule has 102 valence electrons. The molecular formula is C12H22N4O2. The van der Waals surface area contributed by atoms with E-state index in [1.165, 1.54) is 0 Å². The van der Waals surface area contributed by atoms with Crippen molar-refractivity contribution in [1.82, 2.24) is 9.97 Å². The summed E-state index contributed by atoms with van der Waals surface area (Å²) < 4.78 is 10.6. The summed E-state index contributed by atoms with van der Waals surface area (Å²) >= 11 is 0. The van der Waals surface area contributed by atoms with Gasteiger partial charge in [-0.1, -0.05) is 13.8 Å². The standard InChI is InChI=1S/C12H22N4O2/c1-9(2)5-4-6-18-12-7-10(16-13)14-11(15-12)8-17-3/h7,9H,4-6,8,13H2,1-3H3,(H,14,15,16). The Labute approximate surface area is 108 Å². The van der Waals surface area contributed by atoms with Gasteiger partial charge in [-0.2, -0.15) is 4.98 Å². The van der Waals surface area contributed by atoms with Crippen LogP contribution in [0, 0.1) is 5.92 Å². The molecule has 0 radical (unpaired) electrons. The summed E-state index contributed by atoms with van der Waals surface area (Å²) in [5, 5.41) is 0. The number of rotatable bonds is 8. The minimum atomic E-state index is 0.331. The fourth-order valence-corrected chi connectivity index (χ4v) is 1.48. The van der Waals surface area contributed by atoms with E-state index in [0.717, 1.165) is 12.8 Å². The molecule has 0 atom stereocenters. The second-order valence-electron chi connectivity index (χ2n) is 4.47. The molecule has 0 amide bonds. The maximum absolute atomic E-state index is 5.58. The van der Waals surface area contributed by atoms with E-state index >= 15 is 0 Å². The van der Waals surface area contributed by atoms with Gasteiger partial charge in [0.25, 0.3) is 0 Å². The summed E-state index contributed by atoms with van der Waals surface area (Å²) in [6.07, 6.45) is 2.14. The largest absolute Gasteiger partial charge is 0.478 e. The highest BCUT2D eigenvalue weighted by Crippen LogP contribution is 2.14. The summed E-state index contributed by atoms with van der Waals surface area (Å²) in [4.78, 5) is 8.38. The highest BCUT2D eigenvalue weighted by Gasteiger charge is 2.05. The van der Waals surface area contributed by atoms with Crippen molar-refractivity contribution in [2.75, 3.05) is 19.1 Å². The van der Waals surface area contributed by atoms with Gasteiger partial charge in [-0.05, 0) is 18.8 Å². The van der Waals surface area contributed by atoms with Crippen LogP contribution in [0.3, 0.4) is 0 Å². The summed E-state index contributed by atoms with van der Waals surface area (Å²) in [7, 11) is 1.59. The Morgan fingerprint density at radius 2 is 2.17 bits per heavy atom. The van der Waals surface area contributed by atoms with Crippen LogP contribution in [0.4, 0.5) is 5.82 Å². The molecule has 0 unspecified atom stereocenters. The van der Waals surface area contributed by atoms with E-state index in [1.54, 1.807) is 13.2 Å². The lowest BCUT2D eigenvalue weighted by atomic mass is 10.1. The van der Waals surface area contributed by atoms with Crippen LogP contribution >= 0.6 is 0 Å². The van der Waals surface area contributed by atoms with E-state index in [4.69, 9.17) is 15.3 Å². The van der Waals surface area contributed by atoms with Crippen molar-refractivity contribution in [2.24, 2.45) is 11.8 Å². The third kappa shape index (κ3) is 5.29. The summed E-state index contributed by atoms with van der Waals surface area (Å²) in [5.41, 5.74) is 2.49. The Kier molecular flexibility index (Phi) is 6.38. The van der Waals surface area contributed by atoms with E-state index < -0.39 is 0 Å². The zero-order valence-corrected chi connectivity index (χ0v) is 11.3. The lowest BCUT2D eigenvalue weighted by molar-refractivity contribution is 0.176. The van der Waals surface area contributed by atoms with Crippen LogP contribution in [0.25, 0.3) is 0 Å². The molecule has 0 spiro atoms. The van der Waals surface area contributed by atoms with Crippen LogP contribution in [0.1, 0.15) is 32.5 Å². The van der Waals surface area contributed by atoms with Gasteiger partial charge in [-0.3, -0.25) is 0 Å². The first-order valence-electron chi connectivity index (χ1n) is 6.12. The average Bonchev–Trinajstić information content (AvgIpc) is 2.34. The number of hydrogen-bond donors (Lipinski definition) is 2. The molecular weight excluding hydrogens is 232 g/mol. The van der Waals surface area contributed by atoms with Crippen molar-refractivity contribution in [3.05, 3.63) is 11.9 Å². The third-order valence-corrected chi connectivity index (χ3v) is 2.35. The van der Waals surface area contributed by atoms with Crippen LogP contribution < -0.4 is 16.0 Å². The van der Waals surface area contributed by atoms with Crippen LogP contribution in [-0.4, -0.2) is 23.7 Å². The molecule has 3 N–H and O–H groups in total. The van der Waals surface area contributed by atoms with E-state index in [9.17, 15) is 0 Å². The Morgan fingerprint density at radius 1 is 1.39 bits per heavy atom. The Balaban J connectivity index is 2.55. The molecule has 0 aliphatic rings. The number of methoxy groups -OCH3 is 1. The Hall–Kier alpha value is -1.40. The first-order valence-corrected chi connectivity index (χ1v) is 6.12. The molecule has 0 aliphatic carbocycles. The highest BCUT2D eigenvalue weighted by molar-refractivity contribution is 5.36. The minimum Gasteiger partial charge on any atom is -0.478 e. The molecule has 0 bridgehead atoms. The minimum absolute atomic E-state index is 0.331. The highest BCUT2D eigenvalue weighted by atomic mass is 16.5. The molecule has 0 aliphatic heterocycles. The second kappa shape index (κ2) is 7.84. The van der Waals surface area contributed by atoms with Crippen LogP contribution in [0.2, 0.25) is 0 Å². The molecule has 0 saturated carbocycles. The maximum Gasteiger partial charge on any atom is 0.218 e. The number of nitrogens with two attached hydrogens (primary N) is 1. The van der Waals surface area contributed by atoms with Crippen molar-refractivity contribution in [3.63, 3.8) is 0 Å². The van der Waals surface area contributed by atoms with Gasteiger partial charge in [0, 0.05) is 13.2 Å². The second-order valence-corrected chi connectivity index (χ2v) is 4.47. The van der Waals surface area contributed by atoms with Crippen LogP contribution in [0.5, 0.6) is 5.88 Å². The molecule has 0 fully saturated rings. The number of nitrogens with zero attached hydrogens (tertiary/aromatic N) is 2. The summed E-state index contributed by atoms with van der Waals surface area (Å²) in [6.45, 7) is 5.36. The number of aromatic nitrogens is 2. The lowest BCUT2D eigenvalue weighted by Gasteiger charge is -2.09. The number of anilines is 1. The predicted molar refractivity (Wildman–Crippen MR) is 70.1 cm³/mol. The van der Waals surface area contributed by atoms with Gasteiger partial charge in [0.05, 0.1) is 6.61 Å². The summed E-state index contributed by atoms with van der Waals surface area (Å²) in [5.74, 6) is 7.62. The average molecular weight is 254 g/mol. The van der Waals surface area contributed by atoms with E-state index in [1.807, 2.05) is 0 Å². The molecule has 6 heteroatoms. The molecule has 18 heavy (non-hydrogen) atoms. The SMILES string of the molecule is COCc1nc(NN)cc(OCCCC(C)C)n1. The van der Waals surface area contributed by atoms with Gasteiger partial charge in [0.2, 0.25) is 5.88 Å². The van der Waals surface area contributed by atoms with Crippen molar-refractivity contribution in [3.8, 4) is 5.88 Å². The van der Waals surface area contributed by atoms with Crippen molar-refractivity contribution in [2.45, 2.75) is 33.3 Å². The van der Waals surface area contributed by atoms with Crippen LogP contribution in [-0.2, 0) is 11.3 Å². The van der Waals surface area contributed by atoms with Crippen molar-refractivity contribution < 1.29 is 9.47 Å².